The van der Waals surface area contributed by atoms with Crippen molar-refractivity contribution >= 4 is 26.0 Å². The molecule has 2 rings (SSSR count). The zero-order chi connectivity index (χ0) is 16.5. The van der Waals surface area contributed by atoms with Crippen molar-refractivity contribution in [2.75, 3.05) is 7.05 Å². The van der Waals surface area contributed by atoms with Gasteiger partial charge in [-0.2, -0.15) is 17.5 Å². The summed E-state index contributed by atoms with van der Waals surface area (Å²) in [6.45, 7) is -0.0931. The summed E-state index contributed by atoms with van der Waals surface area (Å²) in [5, 5.41) is 0. The van der Waals surface area contributed by atoms with Gasteiger partial charge in [0, 0.05) is 7.05 Å². The van der Waals surface area contributed by atoms with Crippen LogP contribution in [0.25, 0.3) is 0 Å². The second-order valence-corrected chi connectivity index (χ2v) is 7.32. The Bertz CT molecular complexity index is 771. The lowest BCUT2D eigenvalue weighted by Gasteiger charge is -2.17. The predicted molar refractivity (Wildman–Crippen MR) is 76.5 cm³/mol. The fourth-order valence-corrected chi connectivity index (χ4v) is 3.28. The summed E-state index contributed by atoms with van der Waals surface area (Å²) in [5.41, 5.74) is -1.01. The Morgan fingerprint density at radius 2 is 1.91 bits per heavy atom. The molecule has 22 heavy (non-hydrogen) atoms. The normalized spacial score (nSPS) is 12.8. The van der Waals surface area contributed by atoms with Gasteiger partial charge in [0.25, 0.3) is 0 Å². The number of nitrogens with zero attached hydrogens (tertiary/aromatic N) is 1. The van der Waals surface area contributed by atoms with E-state index in [4.69, 9.17) is 4.42 Å². The minimum atomic E-state index is -4.60. The second-order valence-electron chi connectivity index (χ2n) is 4.49. The molecule has 0 radical (unpaired) electrons. The molecule has 0 aliphatic carbocycles. The van der Waals surface area contributed by atoms with E-state index in [-0.39, 0.29) is 6.54 Å². The Hall–Kier alpha value is -1.32. The predicted octanol–water partition coefficient (Wildman–Crippen LogP) is 3.88. The summed E-state index contributed by atoms with van der Waals surface area (Å²) in [6.07, 6.45) is -4.60. The molecule has 0 aliphatic rings. The summed E-state index contributed by atoms with van der Waals surface area (Å²) in [6, 6.07) is 6.79. The number of alkyl halides is 3. The Labute approximate surface area is 133 Å². The molecule has 120 valence electrons. The van der Waals surface area contributed by atoms with Gasteiger partial charge in [-0.05, 0) is 46.3 Å². The Morgan fingerprint density at radius 1 is 1.23 bits per heavy atom. The van der Waals surface area contributed by atoms with Crippen molar-refractivity contribution in [3.63, 3.8) is 0 Å². The van der Waals surface area contributed by atoms with E-state index in [1.807, 2.05) is 0 Å². The first-order valence-electron chi connectivity index (χ1n) is 5.98. The summed E-state index contributed by atoms with van der Waals surface area (Å²) >= 11 is 3.09. The molecule has 0 unspecified atom stereocenters. The lowest BCUT2D eigenvalue weighted by molar-refractivity contribution is -0.137. The molecule has 9 heteroatoms. The molecule has 1 aromatic heterocycles. The van der Waals surface area contributed by atoms with Crippen LogP contribution >= 0.6 is 15.9 Å². The fraction of sp³-hybridized carbons (Fsp3) is 0.231. The zero-order valence-corrected chi connectivity index (χ0v) is 13.7. The highest BCUT2D eigenvalue weighted by Crippen LogP contribution is 2.31. The average Bonchev–Trinajstić information content (AvgIpc) is 2.83. The van der Waals surface area contributed by atoms with Gasteiger partial charge in [0.2, 0.25) is 10.0 Å². The van der Waals surface area contributed by atoms with Crippen molar-refractivity contribution in [2.24, 2.45) is 0 Å². The third-order valence-corrected chi connectivity index (χ3v) is 5.10. The molecule has 0 saturated heterocycles. The highest BCUT2D eigenvalue weighted by molar-refractivity contribution is 9.10. The molecule has 2 aromatic rings. The quantitative estimate of drug-likeness (QED) is 0.786. The minimum absolute atomic E-state index is 0.0931. The molecule has 4 nitrogen and oxygen atoms in total. The summed E-state index contributed by atoms with van der Waals surface area (Å²) in [4.78, 5) is -0.421. The molecular weight excluding hydrogens is 387 g/mol. The lowest BCUT2D eigenvalue weighted by Crippen LogP contribution is -2.26. The van der Waals surface area contributed by atoms with E-state index < -0.39 is 26.7 Å². The standard InChI is InChI=1S/C13H11BrF3NO3S/c1-18(8-10-5-6-12(14)21-10)22(19,20)11-4-2-3-9(7-11)13(15,16)17/h2-7H,8H2,1H3. The molecule has 1 aromatic carbocycles. The Morgan fingerprint density at radius 3 is 2.45 bits per heavy atom. The van der Waals surface area contributed by atoms with Crippen LogP contribution < -0.4 is 0 Å². The largest absolute Gasteiger partial charge is 0.453 e. The van der Waals surface area contributed by atoms with Crippen molar-refractivity contribution in [1.82, 2.24) is 4.31 Å². The van der Waals surface area contributed by atoms with Crippen LogP contribution in [0.5, 0.6) is 0 Å². The molecule has 0 aliphatic heterocycles. The van der Waals surface area contributed by atoms with Gasteiger partial charge in [0.1, 0.15) is 5.76 Å². The van der Waals surface area contributed by atoms with Gasteiger partial charge in [-0.15, -0.1) is 0 Å². The van der Waals surface area contributed by atoms with E-state index in [1.54, 1.807) is 12.1 Å². The monoisotopic (exact) mass is 397 g/mol. The number of hydrogen-bond donors (Lipinski definition) is 0. The maximum Gasteiger partial charge on any atom is 0.416 e. The second kappa shape index (κ2) is 6.05. The number of hydrogen-bond acceptors (Lipinski definition) is 3. The van der Waals surface area contributed by atoms with Crippen LogP contribution in [0.3, 0.4) is 0 Å². The first kappa shape index (κ1) is 17.0. The third kappa shape index (κ3) is 3.71. The van der Waals surface area contributed by atoms with E-state index in [9.17, 15) is 21.6 Å². The van der Waals surface area contributed by atoms with Crippen LogP contribution in [0.4, 0.5) is 13.2 Å². The van der Waals surface area contributed by atoms with Gasteiger partial charge in [0.05, 0.1) is 17.0 Å². The first-order chi connectivity index (χ1) is 10.1. The summed E-state index contributed by atoms with van der Waals surface area (Å²) in [5.74, 6) is 0.366. The van der Waals surface area contributed by atoms with Gasteiger partial charge in [-0.3, -0.25) is 0 Å². The molecule has 0 N–H and O–H groups in total. The summed E-state index contributed by atoms with van der Waals surface area (Å²) in [7, 11) is -2.78. The van der Waals surface area contributed by atoms with Crippen LogP contribution in [0.2, 0.25) is 0 Å². The number of furan rings is 1. The van der Waals surface area contributed by atoms with Crippen LogP contribution in [-0.2, 0) is 22.7 Å². The third-order valence-electron chi connectivity index (χ3n) is 2.88. The van der Waals surface area contributed by atoms with Crippen LogP contribution in [0.15, 0.2) is 50.4 Å². The number of halogens is 4. The zero-order valence-electron chi connectivity index (χ0n) is 11.3. The fourth-order valence-electron chi connectivity index (χ4n) is 1.75. The average molecular weight is 398 g/mol. The minimum Gasteiger partial charge on any atom is -0.453 e. The first-order valence-corrected chi connectivity index (χ1v) is 8.22. The van der Waals surface area contributed by atoms with Crippen molar-refractivity contribution < 1.29 is 26.0 Å². The van der Waals surface area contributed by atoms with E-state index in [0.717, 1.165) is 22.5 Å². The van der Waals surface area contributed by atoms with Crippen molar-refractivity contribution in [2.45, 2.75) is 17.6 Å². The molecule has 0 saturated carbocycles. The summed E-state index contributed by atoms with van der Waals surface area (Å²) < 4.78 is 69.2. The van der Waals surface area contributed by atoms with Gasteiger partial charge in [-0.1, -0.05) is 6.07 Å². The van der Waals surface area contributed by atoms with Gasteiger partial charge in [0.15, 0.2) is 4.67 Å². The van der Waals surface area contributed by atoms with E-state index >= 15 is 0 Å². The van der Waals surface area contributed by atoms with Crippen LogP contribution in [0, 0.1) is 0 Å². The highest BCUT2D eigenvalue weighted by Gasteiger charge is 2.32. The number of benzene rings is 1. The molecule has 0 atom stereocenters. The van der Waals surface area contributed by atoms with Crippen LogP contribution in [0.1, 0.15) is 11.3 Å². The smallest absolute Gasteiger partial charge is 0.416 e. The molecule has 0 bridgehead atoms. The van der Waals surface area contributed by atoms with Crippen molar-refractivity contribution in [3.8, 4) is 0 Å². The number of rotatable bonds is 4. The van der Waals surface area contributed by atoms with Gasteiger partial charge < -0.3 is 4.42 Å². The van der Waals surface area contributed by atoms with E-state index in [0.29, 0.717) is 16.5 Å². The van der Waals surface area contributed by atoms with Crippen LogP contribution in [-0.4, -0.2) is 19.8 Å². The SMILES string of the molecule is CN(Cc1ccc(Br)o1)S(=O)(=O)c1cccc(C(F)(F)F)c1. The molecule has 1 heterocycles. The maximum atomic E-state index is 12.7. The topological polar surface area (TPSA) is 50.5 Å². The van der Waals surface area contributed by atoms with Gasteiger partial charge >= 0.3 is 6.18 Å². The Kier molecular flexibility index (Phi) is 4.69. The van der Waals surface area contributed by atoms with Gasteiger partial charge in [-0.25, -0.2) is 8.42 Å². The van der Waals surface area contributed by atoms with Crippen molar-refractivity contribution in [1.29, 1.82) is 0 Å². The molecule has 0 fully saturated rings. The Balaban J connectivity index is 2.30. The lowest BCUT2D eigenvalue weighted by atomic mass is 10.2. The molecule has 0 spiro atoms. The molecule has 0 amide bonds. The highest BCUT2D eigenvalue weighted by atomic mass is 79.9. The van der Waals surface area contributed by atoms with E-state index in [2.05, 4.69) is 15.9 Å². The molecular formula is C13H11BrF3NO3S. The number of sulfonamides is 1. The maximum absolute atomic E-state index is 12.7. The van der Waals surface area contributed by atoms with E-state index in [1.165, 1.54) is 7.05 Å². The van der Waals surface area contributed by atoms with Crippen molar-refractivity contribution in [3.05, 3.63) is 52.4 Å².